The molecule has 0 atom stereocenters. The molecule has 0 spiro atoms. The minimum absolute atomic E-state index is 0.0527. The second-order valence-corrected chi connectivity index (χ2v) is 6.62. The van der Waals surface area contributed by atoms with Gasteiger partial charge in [-0.05, 0) is 35.8 Å². The summed E-state index contributed by atoms with van der Waals surface area (Å²) in [5, 5.41) is 0. The fourth-order valence-electron chi connectivity index (χ4n) is 2.27. The molecule has 1 heterocycles. The van der Waals surface area contributed by atoms with Crippen LogP contribution in [0.15, 0.2) is 59.5 Å². The van der Waals surface area contributed by atoms with E-state index in [-0.39, 0.29) is 5.91 Å². The quantitative estimate of drug-likeness (QED) is 0.605. The van der Waals surface area contributed by atoms with Gasteiger partial charge in [0.25, 0.3) is 5.91 Å². The standard InChI is InChI=1S/C18H15NOS2/c1-2-13-8-10-15(11-9-13)19-17(20)16(22-18(19)21)12-14-6-4-3-5-7-14/h3-12H,2H2,1H3/b16-12-. The van der Waals surface area contributed by atoms with Gasteiger partial charge in [-0.15, -0.1) is 0 Å². The molecule has 0 saturated carbocycles. The van der Waals surface area contributed by atoms with E-state index in [1.54, 1.807) is 4.90 Å². The van der Waals surface area contributed by atoms with Crippen molar-refractivity contribution in [1.82, 2.24) is 0 Å². The Kier molecular flexibility index (Phi) is 4.41. The molecule has 1 saturated heterocycles. The number of carbonyl (C=O) groups excluding carboxylic acids is 1. The summed E-state index contributed by atoms with van der Waals surface area (Å²) in [4.78, 5) is 14.9. The van der Waals surface area contributed by atoms with Crippen LogP contribution in [0.3, 0.4) is 0 Å². The Hall–Kier alpha value is -1.91. The van der Waals surface area contributed by atoms with Gasteiger partial charge in [-0.3, -0.25) is 9.69 Å². The van der Waals surface area contributed by atoms with Crippen LogP contribution in [0.2, 0.25) is 0 Å². The summed E-state index contributed by atoms with van der Waals surface area (Å²) in [5.74, 6) is -0.0527. The molecule has 110 valence electrons. The highest BCUT2D eigenvalue weighted by atomic mass is 32.2. The summed E-state index contributed by atoms with van der Waals surface area (Å²) in [7, 11) is 0. The molecule has 0 bridgehead atoms. The molecule has 1 fully saturated rings. The molecule has 2 aromatic carbocycles. The maximum absolute atomic E-state index is 12.6. The van der Waals surface area contributed by atoms with Gasteiger partial charge >= 0.3 is 0 Å². The van der Waals surface area contributed by atoms with Gasteiger partial charge in [0.15, 0.2) is 4.32 Å². The summed E-state index contributed by atoms with van der Waals surface area (Å²) in [6.07, 6.45) is 2.87. The molecule has 0 radical (unpaired) electrons. The smallest absolute Gasteiger partial charge is 0.268 e. The number of hydrogen-bond donors (Lipinski definition) is 0. The third-order valence-electron chi connectivity index (χ3n) is 3.49. The molecule has 1 amide bonds. The first kappa shape index (κ1) is 15.0. The van der Waals surface area contributed by atoms with Crippen molar-refractivity contribution in [2.75, 3.05) is 4.90 Å². The van der Waals surface area contributed by atoms with E-state index in [2.05, 4.69) is 6.92 Å². The van der Waals surface area contributed by atoms with Crippen LogP contribution in [0.25, 0.3) is 6.08 Å². The van der Waals surface area contributed by atoms with Gasteiger partial charge in [0.2, 0.25) is 0 Å². The third-order valence-corrected chi connectivity index (χ3v) is 4.80. The van der Waals surface area contributed by atoms with Crippen molar-refractivity contribution in [3.05, 3.63) is 70.6 Å². The predicted molar refractivity (Wildman–Crippen MR) is 97.9 cm³/mol. The number of thiocarbonyl (C=S) groups is 1. The van der Waals surface area contributed by atoms with Crippen molar-refractivity contribution in [1.29, 1.82) is 0 Å². The average molecular weight is 325 g/mol. The van der Waals surface area contributed by atoms with Crippen molar-refractivity contribution in [2.45, 2.75) is 13.3 Å². The van der Waals surface area contributed by atoms with Gasteiger partial charge in [-0.1, -0.05) is 73.4 Å². The maximum atomic E-state index is 12.6. The van der Waals surface area contributed by atoms with Crippen molar-refractivity contribution >= 4 is 46.0 Å². The van der Waals surface area contributed by atoms with Crippen molar-refractivity contribution < 1.29 is 4.79 Å². The van der Waals surface area contributed by atoms with Crippen LogP contribution in [0.5, 0.6) is 0 Å². The Morgan fingerprint density at radius 3 is 2.41 bits per heavy atom. The summed E-state index contributed by atoms with van der Waals surface area (Å²) >= 11 is 6.73. The lowest BCUT2D eigenvalue weighted by molar-refractivity contribution is -0.113. The van der Waals surface area contributed by atoms with Gasteiger partial charge < -0.3 is 0 Å². The first-order valence-corrected chi connectivity index (χ1v) is 8.33. The lowest BCUT2D eigenvalue weighted by atomic mass is 10.1. The normalized spacial score (nSPS) is 16.6. The molecule has 1 aliphatic heterocycles. The zero-order chi connectivity index (χ0) is 15.5. The number of carbonyl (C=O) groups is 1. The van der Waals surface area contributed by atoms with E-state index in [1.807, 2.05) is 60.7 Å². The summed E-state index contributed by atoms with van der Waals surface area (Å²) in [6, 6.07) is 17.8. The van der Waals surface area contributed by atoms with Crippen LogP contribution >= 0.6 is 24.0 Å². The summed E-state index contributed by atoms with van der Waals surface area (Å²) < 4.78 is 0.580. The lowest BCUT2D eigenvalue weighted by Crippen LogP contribution is -2.27. The van der Waals surface area contributed by atoms with E-state index < -0.39 is 0 Å². The van der Waals surface area contributed by atoms with Crippen LogP contribution in [-0.4, -0.2) is 10.2 Å². The molecule has 22 heavy (non-hydrogen) atoms. The Morgan fingerprint density at radius 2 is 1.77 bits per heavy atom. The van der Waals surface area contributed by atoms with Crippen LogP contribution < -0.4 is 4.90 Å². The van der Waals surface area contributed by atoms with Gasteiger partial charge in [0.05, 0.1) is 10.6 Å². The fourth-order valence-corrected chi connectivity index (χ4v) is 3.57. The van der Waals surface area contributed by atoms with Crippen LogP contribution in [0.1, 0.15) is 18.1 Å². The molecular formula is C18H15NOS2. The molecular weight excluding hydrogens is 310 g/mol. The van der Waals surface area contributed by atoms with Crippen molar-refractivity contribution in [3.63, 3.8) is 0 Å². The molecule has 0 aromatic heterocycles. The first-order valence-electron chi connectivity index (χ1n) is 7.11. The maximum Gasteiger partial charge on any atom is 0.270 e. The number of thioether (sulfide) groups is 1. The Balaban J connectivity index is 1.89. The Labute approximate surface area is 139 Å². The highest BCUT2D eigenvalue weighted by molar-refractivity contribution is 8.27. The molecule has 2 nitrogen and oxygen atoms in total. The Morgan fingerprint density at radius 1 is 1.09 bits per heavy atom. The van der Waals surface area contributed by atoms with E-state index in [9.17, 15) is 4.79 Å². The van der Waals surface area contributed by atoms with Gasteiger partial charge in [0.1, 0.15) is 0 Å². The topological polar surface area (TPSA) is 20.3 Å². The zero-order valence-corrected chi connectivity index (χ0v) is 13.8. The highest BCUT2D eigenvalue weighted by Crippen LogP contribution is 2.36. The Bertz CT molecular complexity index is 735. The average Bonchev–Trinajstić information content (AvgIpc) is 2.82. The molecule has 1 aliphatic rings. The summed E-state index contributed by atoms with van der Waals surface area (Å²) in [6.45, 7) is 2.11. The van der Waals surface area contributed by atoms with E-state index in [0.29, 0.717) is 9.23 Å². The second kappa shape index (κ2) is 6.46. The fraction of sp³-hybridized carbons (Fsp3) is 0.111. The number of hydrogen-bond acceptors (Lipinski definition) is 3. The zero-order valence-electron chi connectivity index (χ0n) is 12.2. The predicted octanol–water partition coefficient (Wildman–Crippen LogP) is 4.65. The molecule has 2 aromatic rings. The van der Waals surface area contributed by atoms with E-state index in [1.165, 1.54) is 17.3 Å². The van der Waals surface area contributed by atoms with Gasteiger partial charge in [-0.25, -0.2) is 0 Å². The van der Waals surface area contributed by atoms with Crippen LogP contribution in [-0.2, 0) is 11.2 Å². The van der Waals surface area contributed by atoms with Gasteiger partial charge in [-0.2, -0.15) is 0 Å². The van der Waals surface area contributed by atoms with Crippen LogP contribution in [0.4, 0.5) is 5.69 Å². The number of nitrogens with zero attached hydrogens (tertiary/aromatic N) is 1. The number of rotatable bonds is 3. The minimum Gasteiger partial charge on any atom is -0.268 e. The van der Waals surface area contributed by atoms with E-state index in [4.69, 9.17) is 12.2 Å². The molecule has 0 aliphatic carbocycles. The lowest BCUT2D eigenvalue weighted by Gasteiger charge is -2.14. The molecule has 0 unspecified atom stereocenters. The van der Waals surface area contributed by atoms with Gasteiger partial charge in [0, 0.05) is 0 Å². The highest BCUT2D eigenvalue weighted by Gasteiger charge is 2.33. The third kappa shape index (κ3) is 2.98. The van der Waals surface area contributed by atoms with Crippen molar-refractivity contribution in [3.8, 4) is 0 Å². The molecule has 4 heteroatoms. The number of anilines is 1. The summed E-state index contributed by atoms with van der Waals surface area (Å²) in [5.41, 5.74) is 3.08. The number of amides is 1. The SMILES string of the molecule is CCc1ccc(N2C(=O)/C(=C/c3ccccc3)SC2=S)cc1. The van der Waals surface area contributed by atoms with Crippen LogP contribution in [0, 0.1) is 0 Å². The molecule has 0 N–H and O–H groups in total. The largest absolute Gasteiger partial charge is 0.270 e. The monoisotopic (exact) mass is 325 g/mol. The number of aryl methyl sites for hydroxylation is 1. The van der Waals surface area contributed by atoms with Crippen molar-refractivity contribution in [2.24, 2.45) is 0 Å². The van der Waals surface area contributed by atoms with E-state index >= 15 is 0 Å². The first-order chi connectivity index (χ1) is 10.7. The molecule has 3 rings (SSSR count). The van der Waals surface area contributed by atoms with E-state index in [0.717, 1.165) is 17.7 Å². The second-order valence-electron chi connectivity index (χ2n) is 4.95. The minimum atomic E-state index is -0.0527. The number of benzene rings is 2.